The topological polar surface area (TPSA) is 93.7 Å². The number of aryl methyl sites for hydroxylation is 1. The number of nitrogens with one attached hydrogen (secondary N) is 2. The lowest BCUT2D eigenvalue weighted by Gasteiger charge is -2.09. The van der Waals surface area contributed by atoms with Crippen LogP contribution in [0.2, 0.25) is 5.02 Å². The highest BCUT2D eigenvalue weighted by Gasteiger charge is 2.10. The smallest absolute Gasteiger partial charge is 0.306 e. The molecule has 2 N–H and O–H groups in total. The summed E-state index contributed by atoms with van der Waals surface area (Å²) in [5.74, 6) is -1.41. The Kier molecular flexibility index (Phi) is 9.08. The maximum absolute atomic E-state index is 12.8. The fraction of sp³-hybridized carbons (Fsp3) is 0.286. The summed E-state index contributed by atoms with van der Waals surface area (Å²) in [6, 6.07) is 10.5. The molecule has 0 aliphatic rings. The molecule has 0 spiro atoms. The highest BCUT2D eigenvalue weighted by Crippen LogP contribution is 2.21. The molecule has 30 heavy (non-hydrogen) atoms. The van der Waals surface area contributed by atoms with Crippen LogP contribution in [0.15, 0.2) is 42.5 Å². The standard InChI is InChI=1S/C21H22ClFN2O5/c1-14-11-17(8-9-18(14)22)29-10-2-3-21(28)30-13-20(27)24-12-19(26)25-16-6-4-15(23)5-7-16/h4-9,11H,2-3,10,12-13H2,1H3,(H,24,27)(H,25,26). The van der Waals surface area contributed by atoms with Gasteiger partial charge in [0.2, 0.25) is 5.91 Å². The van der Waals surface area contributed by atoms with Crippen LogP contribution in [-0.4, -0.2) is 37.5 Å². The van der Waals surface area contributed by atoms with E-state index in [4.69, 9.17) is 21.1 Å². The Bertz CT molecular complexity index is 889. The summed E-state index contributed by atoms with van der Waals surface area (Å²) < 4.78 is 23.2. The van der Waals surface area contributed by atoms with Gasteiger partial charge in [-0.2, -0.15) is 0 Å². The summed E-state index contributed by atoms with van der Waals surface area (Å²) in [6.45, 7) is 1.39. The van der Waals surface area contributed by atoms with Crippen LogP contribution >= 0.6 is 11.6 Å². The van der Waals surface area contributed by atoms with Crippen molar-refractivity contribution in [3.63, 3.8) is 0 Å². The first kappa shape index (κ1) is 23.2. The highest BCUT2D eigenvalue weighted by atomic mass is 35.5. The van der Waals surface area contributed by atoms with Crippen LogP contribution in [0.4, 0.5) is 10.1 Å². The van der Waals surface area contributed by atoms with Crippen molar-refractivity contribution in [1.82, 2.24) is 5.32 Å². The molecule has 2 aromatic rings. The maximum atomic E-state index is 12.8. The van der Waals surface area contributed by atoms with Crippen LogP contribution in [0, 0.1) is 12.7 Å². The zero-order chi connectivity index (χ0) is 21.9. The monoisotopic (exact) mass is 436 g/mol. The Morgan fingerprint density at radius 3 is 2.50 bits per heavy atom. The lowest BCUT2D eigenvalue weighted by Crippen LogP contribution is -2.35. The number of rotatable bonds is 10. The fourth-order valence-electron chi connectivity index (χ4n) is 2.30. The summed E-state index contributed by atoms with van der Waals surface area (Å²) in [4.78, 5) is 35.1. The molecule has 0 bridgehead atoms. The Labute approximate surface area is 178 Å². The highest BCUT2D eigenvalue weighted by molar-refractivity contribution is 6.31. The molecule has 0 aliphatic heterocycles. The van der Waals surface area contributed by atoms with Crippen LogP contribution in [0.25, 0.3) is 0 Å². The maximum Gasteiger partial charge on any atom is 0.306 e. The number of carbonyl (C=O) groups excluding carboxylic acids is 3. The van der Waals surface area contributed by atoms with E-state index < -0.39 is 30.2 Å². The van der Waals surface area contributed by atoms with Gasteiger partial charge in [-0.25, -0.2) is 4.39 Å². The molecule has 0 unspecified atom stereocenters. The largest absolute Gasteiger partial charge is 0.494 e. The molecule has 2 amide bonds. The van der Waals surface area contributed by atoms with Crippen LogP contribution in [0.1, 0.15) is 18.4 Å². The van der Waals surface area contributed by atoms with E-state index >= 15 is 0 Å². The summed E-state index contributed by atoms with van der Waals surface area (Å²) in [7, 11) is 0. The molecule has 2 aromatic carbocycles. The zero-order valence-electron chi connectivity index (χ0n) is 16.4. The Morgan fingerprint density at radius 2 is 1.80 bits per heavy atom. The van der Waals surface area contributed by atoms with Gasteiger partial charge < -0.3 is 20.1 Å². The van der Waals surface area contributed by atoms with E-state index in [1.807, 2.05) is 6.92 Å². The molecule has 7 nitrogen and oxygen atoms in total. The predicted octanol–water partition coefficient (Wildman–Crippen LogP) is 3.24. The third-order valence-corrected chi connectivity index (χ3v) is 4.29. The number of esters is 1. The molecule has 0 fully saturated rings. The number of ether oxygens (including phenoxy) is 2. The first-order valence-corrected chi connectivity index (χ1v) is 9.58. The molecule has 9 heteroatoms. The van der Waals surface area contributed by atoms with E-state index in [2.05, 4.69) is 10.6 Å². The second kappa shape index (κ2) is 11.8. The van der Waals surface area contributed by atoms with Gasteiger partial charge in [-0.1, -0.05) is 11.6 Å². The van der Waals surface area contributed by atoms with Crippen molar-refractivity contribution in [2.75, 3.05) is 25.1 Å². The molecule has 0 atom stereocenters. The number of anilines is 1. The van der Waals surface area contributed by atoms with E-state index in [0.717, 1.165) is 5.56 Å². The van der Waals surface area contributed by atoms with E-state index in [1.54, 1.807) is 18.2 Å². The summed E-state index contributed by atoms with van der Waals surface area (Å²) in [6.07, 6.45) is 0.507. The minimum Gasteiger partial charge on any atom is -0.494 e. The third-order valence-electron chi connectivity index (χ3n) is 3.86. The lowest BCUT2D eigenvalue weighted by molar-refractivity contribution is -0.148. The van der Waals surface area contributed by atoms with Crippen molar-refractivity contribution in [1.29, 1.82) is 0 Å². The molecule has 2 rings (SSSR count). The van der Waals surface area contributed by atoms with Crippen molar-refractivity contribution >= 4 is 35.1 Å². The van der Waals surface area contributed by atoms with Gasteiger partial charge in [0.15, 0.2) is 6.61 Å². The first-order valence-electron chi connectivity index (χ1n) is 9.20. The van der Waals surface area contributed by atoms with E-state index in [1.165, 1.54) is 24.3 Å². The first-order chi connectivity index (χ1) is 14.3. The van der Waals surface area contributed by atoms with Gasteiger partial charge in [0.1, 0.15) is 11.6 Å². The zero-order valence-corrected chi connectivity index (χ0v) is 17.1. The molecule has 0 radical (unpaired) electrons. The summed E-state index contributed by atoms with van der Waals surface area (Å²) >= 11 is 5.94. The van der Waals surface area contributed by atoms with Gasteiger partial charge in [-0.15, -0.1) is 0 Å². The third kappa shape index (κ3) is 8.48. The number of benzene rings is 2. The summed E-state index contributed by atoms with van der Waals surface area (Å²) in [5.41, 5.74) is 1.30. The molecular weight excluding hydrogens is 415 g/mol. The number of carbonyl (C=O) groups is 3. The second-order valence-corrected chi connectivity index (χ2v) is 6.76. The molecule has 0 saturated carbocycles. The molecule has 0 saturated heterocycles. The summed E-state index contributed by atoms with van der Waals surface area (Å²) in [5, 5.41) is 5.47. The lowest BCUT2D eigenvalue weighted by atomic mass is 10.2. The molecular formula is C21H22ClFN2O5. The number of amides is 2. The van der Waals surface area contributed by atoms with Crippen LogP contribution in [0.3, 0.4) is 0 Å². The minimum atomic E-state index is -0.606. The molecule has 160 valence electrons. The van der Waals surface area contributed by atoms with Crippen molar-refractivity contribution < 1.29 is 28.2 Å². The average Bonchev–Trinajstić information content (AvgIpc) is 2.72. The van der Waals surface area contributed by atoms with Gasteiger partial charge in [0, 0.05) is 17.1 Å². The fourth-order valence-corrected chi connectivity index (χ4v) is 2.42. The molecule has 0 aliphatic carbocycles. The van der Waals surface area contributed by atoms with Crippen LogP contribution in [0.5, 0.6) is 5.75 Å². The van der Waals surface area contributed by atoms with Crippen molar-refractivity contribution in [2.24, 2.45) is 0 Å². The van der Waals surface area contributed by atoms with Gasteiger partial charge >= 0.3 is 5.97 Å². The van der Waals surface area contributed by atoms with E-state index in [0.29, 0.717) is 29.5 Å². The number of hydrogen-bond donors (Lipinski definition) is 2. The van der Waals surface area contributed by atoms with Crippen molar-refractivity contribution in [3.05, 3.63) is 58.9 Å². The Morgan fingerprint density at radius 1 is 1.07 bits per heavy atom. The van der Waals surface area contributed by atoms with E-state index in [9.17, 15) is 18.8 Å². The molecule has 0 aromatic heterocycles. The Hall–Kier alpha value is -3.13. The van der Waals surface area contributed by atoms with Gasteiger partial charge in [0.25, 0.3) is 5.91 Å². The van der Waals surface area contributed by atoms with Crippen LogP contribution in [-0.2, 0) is 19.1 Å². The minimum absolute atomic E-state index is 0.0882. The SMILES string of the molecule is Cc1cc(OCCCC(=O)OCC(=O)NCC(=O)Nc2ccc(F)cc2)ccc1Cl. The normalized spacial score (nSPS) is 10.2. The number of hydrogen-bond acceptors (Lipinski definition) is 5. The van der Waals surface area contributed by atoms with Gasteiger partial charge in [-0.05, 0) is 61.4 Å². The average molecular weight is 437 g/mol. The Balaban J connectivity index is 1.56. The predicted molar refractivity (Wildman–Crippen MR) is 110 cm³/mol. The quantitative estimate of drug-likeness (QED) is 0.440. The van der Waals surface area contributed by atoms with Gasteiger partial charge in [-0.3, -0.25) is 14.4 Å². The number of halogens is 2. The van der Waals surface area contributed by atoms with Crippen LogP contribution < -0.4 is 15.4 Å². The molecule has 0 heterocycles. The van der Waals surface area contributed by atoms with E-state index in [-0.39, 0.29) is 13.0 Å². The van der Waals surface area contributed by atoms with Gasteiger partial charge in [0.05, 0.1) is 13.2 Å². The second-order valence-electron chi connectivity index (χ2n) is 6.36. The van der Waals surface area contributed by atoms with Crippen molar-refractivity contribution in [2.45, 2.75) is 19.8 Å². The van der Waals surface area contributed by atoms with Crippen molar-refractivity contribution in [3.8, 4) is 5.75 Å².